The van der Waals surface area contributed by atoms with Crippen LogP contribution in [0.5, 0.6) is 0 Å². The van der Waals surface area contributed by atoms with Crippen LogP contribution in [0.15, 0.2) is 59.0 Å². The summed E-state index contributed by atoms with van der Waals surface area (Å²) in [6, 6.07) is 20.7. The minimum absolute atomic E-state index is 0. The maximum absolute atomic E-state index is 7.43. The van der Waals surface area contributed by atoms with E-state index in [0.717, 1.165) is 38.7 Å². The Balaban J connectivity index is 0.00000168. The van der Waals surface area contributed by atoms with Gasteiger partial charge >= 0.3 is 0 Å². The molecule has 0 saturated carbocycles. The van der Waals surface area contributed by atoms with Crippen LogP contribution < -0.4 is 4.57 Å². The van der Waals surface area contributed by atoms with Crippen LogP contribution >= 0.6 is 0 Å². The van der Waals surface area contributed by atoms with E-state index in [1.165, 1.54) is 0 Å². The second kappa shape index (κ2) is 6.10. The molecule has 0 aliphatic carbocycles. The molecule has 2 heterocycles. The molecule has 0 saturated heterocycles. The van der Waals surface area contributed by atoms with Gasteiger partial charge in [-0.15, -0.1) is 0 Å². The average molecular weight is 515 g/mol. The van der Waals surface area contributed by atoms with E-state index in [9.17, 15) is 0 Å². The van der Waals surface area contributed by atoms with E-state index in [0.29, 0.717) is 5.69 Å². The van der Waals surface area contributed by atoms with Crippen LogP contribution in [0.3, 0.4) is 0 Å². The SMILES string of the molecule is [C-]#[N+]c1cccc2oc3cc4c(cc3c12)[n+](C)[c-]n4-c1[c-]cccc1.[Ir]. The van der Waals surface area contributed by atoms with Crippen LogP contribution in [0.1, 0.15) is 0 Å². The number of aryl methyl sites for hydroxylation is 1. The van der Waals surface area contributed by atoms with Crippen LogP contribution in [0, 0.1) is 19.0 Å². The van der Waals surface area contributed by atoms with Crippen LogP contribution in [0.4, 0.5) is 5.69 Å². The Morgan fingerprint density at radius 2 is 2.00 bits per heavy atom. The molecule has 127 valence electrons. The largest absolute Gasteiger partial charge is 0.458 e. The van der Waals surface area contributed by atoms with Gasteiger partial charge in [0.25, 0.3) is 0 Å². The molecule has 5 heteroatoms. The number of imidazole rings is 1. The van der Waals surface area contributed by atoms with Gasteiger partial charge in [-0.05, 0) is 12.1 Å². The van der Waals surface area contributed by atoms with E-state index in [1.54, 1.807) is 0 Å². The van der Waals surface area contributed by atoms with E-state index in [1.807, 2.05) is 64.7 Å². The number of fused-ring (bicyclic) bond motifs is 4. The molecule has 0 N–H and O–H groups in total. The molecule has 1 radical (unpaired) electrons. The van der Waals surface area contributed by atoms with E-state index in [2.05, 4.69) is 23.3 Å². The number of furan rings is 1. The summed E-state index contributed by atoms with van der Waals surface area (Å²) < 4.78 is 9.94. The van der Waals surface area contributed by atoms with Gasteiger partial charge in [-0.2, -0.15) is 30.3 Å². The maximum atomic E-state index is 7.43. The molecule has 2 aromatic heterocycles. The molecule has 0 aliphatic heterocycles. The van der Waals surface area contributed by atoms with E-state index >= 15 is 0 Å². The minimum atomic E-state index is 0. The number of nitrogens with zero attached hydrogens (tertiary/aromatic N) is 3. The van der Waals surface area contributed by atoms with E-state index < -0.39 is 0 Å². The average Bonchev–Trinajstić information content (AvgIpc) is 3.18. The van der Waals surface area contributed by atoms with Gasteiger partial charge in [0.15, 0.2) is 5.69 Å². The summed E-state index contributed by atoms with van der Waals surface area (Å²) in [6.45, 7) is 7.43. The summed E-state index contributed by atoms with van der Waals surface area (Å²) in [6.07, 6.45) is 3.31. The van der Waals surface area contributed by atoms with Crippen molar-refractivity contribution in [3.05, 3.63) is 78.4 Å². The van der Waals surface area contributed by atoms with Crippen molar-refractivity contribution < 1.29 is 29.1 Å². The van der Waals surface area contributed by atoms with Crippen molar-refractivity contribution in [2.24, 2.45) is 7.05 Å². The summed E-state index contributed by atoms with van der Waals surface area (Å²) >= 11 is 0. The van der Waals surface area contributed by atoms with Crippen LogP contribution in [-0.2, 0) is 27.2 Å². The number of hydrogen-bond acceptors (Lipinski definition) is 1. The Morgan fingerprint density at radius 3 is 2.77 bits per heavy atom. The third-order valence-electron chi connectivity index (χ3n) is 4.48. The molecule has 0 bridgehead atoms. The van der Waals surface area contributed by atoms with E-state index in [-0.39, 0.29) is 20.1 Å². The predicted molar refractivity (Wildman–Crippen MR) is 95.7 cm³/mol. The molecular formula is C21H12IrN3O-. The molecule has 0 fully saturated rings. The first-order chi connectivity index (χ1) is 12.3. The van der Waals surface area contributed by atoms with Crippen molar-refractivity contribution >= 4 is 38.7 Å². The molecule has 4 nitrogen and oxygen atoms in total. The van der Waals surface area contributed by atoms with Gasteiger partial charge in [0, 0.05) is 30.9 Å². The number of aromatic nitrogens is 2. The maximum Gasteiger partial charge on any atom is 0.242 e. The first-order valence-electron chi connectivity index (χ1n) is 7.90. The van der Waals surface area contributed by atoms with Crippen LogP contribution in [0.2, 0.25) is 0 Å². The molecule has 0 atom stereocenters. The zero-order chi connectivity index (χ0) is 17.0. The van der Waals surface area contributed by atoms with Crippen molar-refractivity contribution in [3.63, 3.8) is 0 Å². The van der Waals surface area contributed by atoms with Gasteiger partial charge in [-0.1, -0.05) is 23.9 Å². The molecule has 0 amide bonds. The Kier molecular flexibility index (Phi) is 3.88. The summed E-state index contributed by atoms with van der Waals surface area (Å²) in [4.78, 5) is 3.64. The van der Waals surface area contributed by atoms with Crippen molar-refractivity contribution in [2.75, 3.05) is 0 Å². The first-order valence-corrected chi connectivity index (χ1v) is 7.90. The molecule has 3 aromatic carbocycles. The molecule has 0 aliphatic rings. The number of benzene rings is 3. The van der Waals surface area contributed by atoms with Crippen molar-refractivity contribution in [3.8, 4) is 5.69 Å². The molecule has 5 rings (SSSR count). The standard InChI is InChI=1S/C21H12N3O.Ir/c1-22-16-9-6-10-19-21(16)15-11-17-18(12-20(15)25-19)24(13-23(17)2)14-7-4-3-5-8-14;/h3-7,9-12H,2H3;/q-1;. The van der Waals surface area contributed by atoms with Gasteiger partial charge in [0.05, 0.1) is 24.7 Å². The van der Waals surface area contributed by atoms with Crippen molar-refractivity contribution in [1.29, 1.82) is 0 Å². The zero-order valence-corrected chi connectivity index (χ0v) is 16.2. The Morgan fingerprint density at radius 1 is 1.12 bits per heavy atom. The fourth-order valence-corrected chi connectivity index (χ4v) is 3.34. The summed E-state index contributed by atoms with van der Waals surface area (Å²) in [5.41, 5.74) is 5.04. The molecule has 0 unspecified atom stereocenters. The number of hydrogen-bond donors (Lipinski definition) is 0. The van der Waals surface area contributed by atoms with Gasteiger partial charge in [0.1, 0.15) is 11.2 Å². The molecular weight excluding hydrogens is 502 g/mol. The summed E-state index contributed by atoms with van der Waals surface area (Å²) in [5, 5.41) is 1.82. The van der Waals surface area contributed by atoms with Crippen molar-refractivity contribution in [2.45, 2.75) is 0 Å². The normalized spacial score (nSPS) is 10.9. The zero-order valence-electron chi connectivity index (χ0n) is 13.8. The smallest absolute Gasteiger partial charge is 0.242 e. The number of rotatable bonds is 1. The topological polar surface area (TPSA) is 26.3 Å². The monoisotopic (exact) mass is 515 g/mol. The third-order valence-corrected chi connectivity index (χ3v) is 4.48. The third kappa shape index (κ3) is 2.28. The van der Waals surface area contributed by atoms with Gasteiger partial charge in [0.2, 0.25) is 6.33 Å². The Labute approximate surface area is 163 Å². The Bertz CT molecular complexity index is 1310. The second-order valence-corrected chi connectivity index (χ2v) is 5.94. The predicted octanol–water partition coefficient (Wildman–Crippen LogP) is 4.50. The van der Waals surface area contributed by atoms with Crippen LogP contribution in [-0.4, -0.2) is 4.57 Å². The van der Waals surface area contributed by atoms with E-state index in [4.69, 9.17) is 11.0 Å². The van der Waals surface area contributed by atoms with Gasteiger partial charge in [-0.3, -0.25) is 0 Å². The molecule has 5 aromatic rings. The molecule has 0 spiro atoms. The van der Waals surface area contributed by atoms with Crippen LogP contribution in [0.25, 0.3) is 43.5 Å². The summed E-state index contributed by atoms with van der Waals surface area (Å²) in [7, 11) is 1.96. The minimum Gasteiger partial charge on any atom is -0.458 e. The molecule has 26 heavy (non-hydrogen) atoms. The Hall–Kier alpha value is -2.93. The first kappa shape index (κ1) is 16.5. The number of para-hydroxylation sites is 1. The van der Waals surface area contributed by atoms with Gasteiger partial charge in [-0.25, -0.2) is 4.85 Å². The van der Waals surface area contributed by atoms with Gasteiger partial charge < -0.3 is 13.6 Å². The fourth-order valence-electron chi connectivity index (χ4n) is 3.34. The summed E-state index contributed by atoms with van der Waals surface area (Å²) in [5.74, 6) is 0. The second-order valence-electron chi connectivity index (χ2n) is 5.94. The fraction of sp³-hybridized carbons (Fsp3) is 0.0476. The quantitative estimate of drug-likeness (QED) is 0.239. The van der Waals surface area contributed by atoms with Crippen molar-refractivity contribution in [1.82, 2.24) is 4.57 Å².